The number of methoxy groups -OCH3 is 3. The second-order valence-electron chi connectivity index (χ2n) is 11.1. The van der Waals surface area contributed by atoms with E-state index in [2.05, 4.69) is 37.2 Å². The Morgan fingerprint density at radius 3 is 2.17 bits per heavy atom. The summed E-state index contributed by atoms with van der Waals surface area (Å²) in [5.74, 6) is -1.59. The van der Waals surface area contributed by atoms with Gasteiger partial charge in [0.2, 0.25) is 0 Å². The molecule has 2 N–H and O–H groups in total. The largest absolute Gasteiger partial charge is 0.454 e. The van der Waals surface area contributed by atoms with E-state index in [0.717, 1.165) is 0 Å². The normalized spacial score (nSPS) is 45.2. The molecule has 206 valence electrons. The van der Waals surface area contributed by atoms with Crippen molar-refractivity contribution in [1.29, 1.82) is 0 Å². The minimum atomic E-state index is -1.62. The van der Waals surface area contributed by atoms with E-state index in [9.17, 15) is 19.8 Å². The third kappa shape index (κ3) is 3.96. The number of hydrogen-bond acceptors (Lipinski definition) is 9. The molecule has 2 bridgehead atoms. The molecule has 0 aromatic carbocycles. The monoisotopic (exact) mass is 736 g/mol. The van der Waals surface area contributed by atoms with Gasteiger partial charge in [-0.1, -0.05) is 13.8 Å². The molecule has 0 aromatic heterocycles. The molecule has 0 radical (unpaired) electrons. The summed E-state index contributed by atoms with van der Waals surface area (Å²) >= 11 is 4.24. The van der Waals surface area contributed by atoms with E-state index < -0.39 is 64.4 Å². The minimum absolute atomic E-state index is 0.00955. The Bertz CT molecular complexity index is 923. The maximum Gasteiger partial charge on any atom is 0.303 e. The predicted octanol–water partition coefficient (Wildman–Crippen LogP) is 2.95. The quantitative estimate of drug-likeness (QED) is 0.255. The van der Waals surface area contributed by atoms with E-state index in [-0.39, 0.29) is 18.8 Å². The standard InChI is InChI=1S/C25H38O9.I2/c1-12-14(27)10-25(29)21(32-8)19-23(5,20(28)18(31-7)17(12)22(25,3)4)15(30-6)9-16-24(19,11-33-16)34-13(2)26;1-2/h14-16,18-19,21,27,29H,9-11H2,1-8H3;/t14?,15?,16?,18?,19?,21?,23-,24+,25?;/m1./s1. The maximum atomic E-state index is 14.5. The van der Waals surface area contributed by atoms with Crippen molar-refractivity contribution in [2.24, 2.45) is 16.7 Å². The summed E-state index contributed by atoms with van der Waals surface area (Å²) < 4.78 is 29.6. The van der Waals surface area contributed by atoms with Gasteiger partial charge < -0.3 is 33.9 Å². The van der Waals surface area contributed by atoms with Crippen LogP contribution in [0.15, 0.2) is 11.1 Å². The van der Waals surface area contributed by atoms with Gasteiger partial charge >= 0.3 is 5.97 Å². The highest BCUT2D eigenvalue weighted by atomic mass is 128. The summed E-state index contributed by atoms with van der Waals surface area (Å²) in [7, 11) is 4.46. The highest BCUT2D eigenvalue weighted by Gasteiger charge is 2.77. The lowest BCUT2D eigenvalue weighted by Crippen LogP contribution is -2.81. The smallest absolute Gasteiger partial charge is 0.303 e. The first kappa shape index (κ1) is 30.6. The Labute approximate surface area is 236 Å². The molecule has 7 unspecified atom stereocenters. The summed E-state index contributed by atoms with van der Waals surface area (Å²) in [6, 6.07) is 0. The Balaban J connectivity index is 0.00000176. The molecule has 0 amide bonds. The molecule has 11 heteroatoms. The third-order valence-corrected chi connectivity index (χ3v) is 9.42. The molecule has 3 fully saturated rings. The van der Waals surface area contributed by atoms with Crippen LogP contribution in [0.3, 0.4) is 0 Å². The van der Waals surface area contributed by atoms with Crippen molar-refractivity contribution < 1.29 is 43.5 Å². The number of Topliss-reactive ketones (excluding diaryl/α,β-unsaturated/α-hetero) is 1. The van der Waals surface area contributed by atoms with Crippen LogP contribution in [0.25, 0.3) is 0 Å². The average Bonchev–Trinajstić information content (AvgIpc) is 2.81. The number of aliphatic hydroxyl groups is 2. The molecule has 4 rings (SSSR count). The van der Waals surface area contributed by atoms with Crippen LogP contribution >= 0.6 is 37.2 Å². The van der Waals surface area contributed by atoms with E-state index in [0.29, 0.717) is 17.6 Å². The van der Waals surface area contributed by atoms with E-state index in [4.69, 9.17) is 23.7 Å². The van der Waals surface area contributed by atoms with Crippen molar-refractivity contribution in [3.63, 3.8) is 0 Å². The van der Waals surface area contributed by atoms with Crippen LogP contribution in [-0.2, 0) is 33.3 Å². The van der Waals surface area contributed by atoms with Crippen LogP contribution in [0.2, 0.25) is 0 Å². The lowest BCUT2D eigenvalue weighted by atomic mass is 9.44. The van der Waals surface area contributed by atoms with Crippen molar-refractivity contribution in [2.45, 2.75) is 89.2 Å². The van der Waals surface area contributed by atoms with Gasteiger partial charge in [-0.15, -0.1) is 0 Å². The van der Waals surface area contributed by atoms with E-state index >= 15 is 0 Å². The minimum Gasteiger partial charge on any atom is -0.454 e. The Kier molecular flexibility index (Phi) is 9.01. The molecule has 0 spiro atoms. The van der Waals surface area contributed by atoms with Gasteiger partial charge in [0, 0.05) is 89.7 Å². The fourth-order valence-electron chi connectivity index (χ4n) is 7.58. The number of halogens is 2. The highest BCUT2D eigenvalue weighted by molar-refractivity contribution is 15.0. The van der Waals surface area contributed by atoms with Gasteiger partial charge in [-0.3, -0.25) is 9.59 Å². The molecule has 4 aliphatic rings. The zero-order valence-electron chi connectivity index (χ0n) is 22.1. The SMILES string of the molecule is COC1C(=O)[C@]2(C)C(OC)CC3OC[C@@]3(OC(C)=O)C2C(OC)C2(O)CC(O)C(C)=C1C2(C)C.II. The summed E-state index contributed by atoms with van der Waals surface area (Å²) in [5, 5.41) is 23.5. The van der Waals surface area contributed by atoms with Crippen molar-refractivity contribution in [3.8, 4) is 0 Å². The number of carbonyl (C=O) groups excluding carboxylic acids is 2. The second kappa shape index (κ2) is 10.6. The molecule has 0 aromatic rings. The fraction of sp³-hybridized carbons (Fsp3) is 0.840. The Morgan fingerprint density at radius 2 is 1.72 bits per heavy atom. The van der Waals surface area contributed by atoms with Crippen LogP contribution in [0, 0.1) is 16.7 Å². The lowest BCUT2D eigenvalue weighted by molar-refractivity contribution is -0.350. The fourth-order valence-corrected chi connectivity index (χ4v) is 7.58. The van der Waals surface area contributed by atoms with Crippen LogP contribution < -0.4 is 0 Å². The van der Waals surface area contributed by atoms with Gasteiger partial charge in [0.1, 0.15) is 17.8 Å². The number of aliphatic hydroxyl groups excluding tert-OH is 1. The molecule has 3 aliphatic carbocycles. The summed E-state index contributed by atoms with van der Waals surface area (Å²) in [5.41, 5.74) is -3.93. The topological polar surface area (TPSA) is 121 Å². The third-order valence-electron chi connectivity index (χ3n) is 9.42. The van der Waals surface area contributed by atoms with Gasteiger partial charge in [-0.25, -0.2) is 0 Å². The zero-order valence-corrected chi connectivity index (χ0v) is 26.4. The molecule has 9 atom stereocenters. The number of hydrogen-bond donors (Lipinski definition) is 2. The predicted molar refractivity (Wildman–Crippen MR) is 148 cm³/mol. The van der Waals surface area contributed by atoms with E-state index in [1.807, 2.05) is 13.8 Å². The van der Waals surface area contributed by atoms with Crippen LogP contribution in [0.4, 0.5) is 0 Å². The van der Waals surface area contributed by atoms with Crippen LogP contribution in [0.5, 0.6) is 0 Å². The van der Waals surface area contributed by atoms with Gasteiger partial charge in [-0.05, 0) is 25.0 Å². The second-order valence-corrected chi connectivity index (χ2v) is 11.1. The molecule has 9 nitrogen and oxygen atoms in total. The van der Waals surface area contributed by atoms with Gasteiger partial charge in [-0.2, -0.15) is 0 Å². The van der Waals surface area contributed by atoms with E-state index in [1.165, 1.54) is 28.3 Å². The highest BCUT2D eigenvalue weighted by Crippen LogP contribution is 2.64. The molecule has 1 aliphatic heterocycles. The molecular weight excluding hydrogens is 698 g/mol. The number of esters is 1. The average molecular weight is 736 g/mol. The molecule has 1 heterocycles. The first-order chi connectivity index (χ1) is 16.8. The van der Waals surface area contributed by atoms with Gasteiger partial charge in [0.25, 0.3) is 0 Å². The van der Waals surface area contributed by atoms with E-state index in [1.54, 1.807) is 13.8 Å². The zero-order chi connectivity index (χ0) is 27.4. The lowest BCUT2D eigenvalue weighted by Gasteiger charge is -2.68. The Hall–Kier alpha value is 0.100. The number of fused-ring (bicyclic) bond motifs is 5. The number of ether oxygens (including phenoxy) is 5. The van der Waals surface area contributed by atoms with Gasteiger partial charge in [0.05, 0.1) is 30.3 Å². The number of carbonyl (C=O) groups is 2. The van der Waals surface area contributed by atoms with Gasteiger partial charge in [0.15, 0.2) is 11.4 Å². The molecular formula is C25H38I2O9. The summed E-state index contributed by atoms with van der Waals surface area (Å²) in [6.45, 7) is 8.64. The van der Waals surface area contributed by atoms with Crippen LogP contribution in [0.1, 0.15) is 47.5 Å². The molecule has 36 heavy (non-hydrogen) atoms. The van der Waals surface area contributed by atoms with Crippen molar-refractivity contribution in [2.75, 3.05) is 27.9 Å². The van der Waals surface area contributed by atoms with Crippen molar-refractivity contribution in [3.05, 3.63) is 11.1 Å². The first-order valence-corrected chi connectivity index (χ1v) is 18.3. The summed E-state index contributed by atoms with van der Waals surface area (Å²) in [4.78, 5) is 26.9. The number of rotatable bonds is 4. The Morgan fingerprint density at radius 1 is 1.11 bits per heavy atom. The molecule has 2 saturated carbocycles. The first-order valence-electron chi connectivity index (χ1n) is 12.0. The summed E-state index contributed by atoms with van der Waals surface area (Å²) in [6.07, 6.45) is -3.84. The van der Waals surface area contributed by atoms with Crippen LogP contribution in [-0.4, -0.2) is 91.6 Å². The van der Waals surface area contributed by atoms with Crippen molar-refractivity contribution >= 4 is 49.0 Å². The number of ketones is 1. The maximum absolute atomic E-state index is 14.5. The molecule has 1 saturated heterocycles. The van der Waals surface area contributed by atoms with Crippen molar-refractivity contribution in [1.82, 2.24) is 0 Å².